The van der Waals surface area contributed by atoms with Gasteiger partial charge in [0.25, 0.3) is 0 Å². The molecule has 16 nitrogen and oxygen atoms in total. The van der Waals surface area contributed by atoms with E-state index < -0.39 is 15.3 Å². The fourth-order valence-corrected chi connectivity index (χ4v) is 0. The van der Waals surface area contributed by atoms with Gasteiger partial charge in [-0.05, 0) is 0 Å². The zero-order valence-corrected chi connectivity index (χ0v) is 9.16. The minimum atomic E-state index is -1.75. The van der Waals surface area contributed by atoms with Gasteiger partial charge in [-0.2, -0.15) is 0 Å². The molecule has 0 fully saturated rings. The minimum absolute atomic E-state index is 0. The molecule has 0 atom stereocenters. The van der Waals surface area contributed by atoms with E-state index >= 15 is 0 Å². The van der Waals surface area contributed by atoms with Crippen LogP contribution in [0.2, 0.25) is 0 Å². The molecule has 113 valence electrons. The second-order valence-corrected chi connectivity index (χ2v) is 0.671. The quantitative estimate of drug-likeness (QED) is 0.269. The second kappa shape index (κ2) is 46.6. The largest absolute Gasteiger partial charge is 3.00 e. The van der Waals surface area contributed by atoms with Gasteiger partial charge >= 0.3 is 37.3 Å². The third kappa shape index (κ3) is 1370. The first-order chi connectivity index (χ1) is 5.20. The molecule has 0 unspecified atom stereocenters. The van der Waals surface area contributed by atoms with E-state index in [0.717, 1.165) is 0 Å². The van der Waals surface area contributed by atoms with Gasteiger partial charge in [0, 0.05) is 0 Å². The molecule has 0 aliphatic heterocycles. The molecule has 0 saturated carbocycles. The van der Waals surface area contributed by atoms with E-state index in [1.165, 1.54) is 0 Å². The van der Waals surface area contributed by atoms with E-state index in [-0.39, 0.29) is 59.2 Å². The standard InChI is InChI=1S/Er.3NO3.4H2O/c;3*2-1(3)4;;;;/h;;;;4*1H2/q+3;3*-1;;;;. The molecule has 17 heavy (non-hydrogen) atoms. The van der Waals surface area contributed by atoms with Gasteiger partial charge in [-0.3, -0.25) is 0 Å². The second-order valence-electron chi connectivity index (χ2n) is 0.671. The summed E-state index contributed by atoms with van der Waals surface area (Å²) in [6, 6.07) is 0. The molecule has 0 aliphatic rings. The van der Waals surface area contributed by atoms with E-state index in [0.29, 0.717) is 0 Å². The van der Waals surface area contributed by atoms with E-state index in [9.17, 15) is 0 Å². The molecule has 0 rings (SSSR count). The summed E-state index contributed by atoms with van der Waals surface area (Å²) in [4.78, 5) is 24.8. The third-order valence-corrected chi connectivity index (χ3v) is 0. The summed E-state index contributed by atoms with van der Waals surface area (Å²) in [5.41, 5.74) is 0. The molecule has 1 radical (unpaired) electrons. The van der Waals surface area contributed by atoms with Gasteiger partial charge in [0.15, 0.2) is 0 Å². The van der Waals surface area contributed by atoms with Crippen LogP contribution in [0.4, 0.5) is 0 Å². The van der Waals surface area contributed by atoms with Crippen molar-refractivity contribution in [2.45, 2.75) is 0 Å². The van der Waals surface area contributed by atoms with Gasteiger partial charge in [-0.1, -0.05) is 0 Å². The fraction of sp³-hybridized carbons (Fsp3) is 0. The smallest absolute Gasteiger partial charge is 0.412 e. The van der Waals surface area contributed by atoms with Crippen LogP contribution in [0.3, 0.4) is 0 Å². The van der Waals surface area contributed by atoms with E-state index in [1.54, 1.807) is 0 Å². The van der Waals surface area contributed by atoms with Gasteiger partial charge in [-0.25, -0.2) is 0 Å². The number of hydrogen-bond donors (Lipinski definition) is 0. The summed E-state index contributed by atoms with van der Waals surface area (Å²) in [5, 5.41) is 44.2. The van der Waals surface area contributed by atoms with Gasteiger partial charge in [-0.15, -0.1) is 0 Å². The predicted octanol–water partition coefficient (Wildman–Crippen LogP) is -4.02. The van der Waals surface area contributed by atoms with Crippen LogP contribution in [0, 0.1) is 83.3 Å². The molecule has 8 N–H and O–H groups in total. The van der Waals surface area contributed by atoms with Crippen molar-refractivity contribution in [1.29, 1.82) is 0 Å². The van der Waals surface area contributed by atoms with Crippen molar-refractivity contribution < 1.29 is 74.5 Å². The Labute approximate surface area is 120 Å². The molecular formula is H8ErN3O13. The molecule has 0 spiro atoms. The molecule has 0 aromatic carbocycles. The van der Waals surface area contributed by atoms with E-state index in [1.807, 2.05) is 0 Å². The summed E-state index contributed by atoms with van der Waals surface area (Å²) >= 11 is 0. The Morgan fingerprint density at radius 3 is 0.471 bits per heavy atom. The first-order valence-electron chi connectivity index (χ1n) is 1.64. The normalized spacial score (nSPS) is 4.24. The van der Waals surface area contributed by atoms with Gasteiger partial charge in [0.2, 0.25) is 0 Å². The molecule has 0 amide bonds. The van der Waals surface area contributed by atoms with Gasteiger partial charge in [0.1, 0.15) is 0 Å². The van der Waals surface area contributed by atoms with Crippen LogP contribution in [-0.4, -0.2) is 37.2 Å². The topological polar surface area (TPSA) is 325 Å². The summed E-state index contributed by atoms with van der Waals surface area (Å²) in [5.74, 6) is 0. The van der Waals surface area contributed by atoms with Crippen LogP contribution < -0.4 is 0 Å². The number of hydrogen-bond acceptors (Lipinski definition) is 9. The average Bonchev–Trinajstić information content (AvgIpc) is 1.54. The molecule has 0 heterocycles. The third-order valence-electron chi connectivity index (χ3n) is 0. The molecule has 0 bridgehead atoms. The summed E-state index contributed by atoms with van der Waals surface area (Å²) in [6.07, 6.45) is 0. The molecule has 0 saturated heterocycles. The maximum Gasteiger partial charge on any atom is 3.00 e. The molecule has 0 aliphatic carbocycles. The number of nitrogens with zero attached hydrogens (tertiary/aromatic N) is 3. The maximum absolute atomic E-state index is 8.25. The zero-order chi connectivity index (χ0) is 10.7. The maximum atomic E-state index is 8.25. The predicted molar refractivity (Wildman–Crippen MR) is 45.5 cm³/mol. The molecule has 0 aromatic rings. The summed E-state index contributed by atoms with van der Waals surface area (Å²) in [7, 11) is 0. The molecular weight excluding hydrogens is 417 g/mol. The van der Waals surface area contributed by atoms with Crippen molar-refractivity contribution in [2.24, 2.45) is 0 Å². The minimum Gasteiger partial charge on any atom is -0.412 e. The number of rotatable bonds is 0. The Balaban J connectivity index is -0.0000000104. The average molecular weight is 425 g/mol. The van der Waals surface area contributed by atoms with Gasteiger partial charge < -0.3 is 67.9 Å². The van der Waals surface area contributed by atoms with Crippen molar-refractivity contribution in [1.82, 2.24) is 0 Å². The van der Waals surface area contributed by atoms with Crippen LogP contribution in [0.15, 0.2) is 0 Å². The SMILES string of the molecule is O.O.O.O.O=[N+]([O-])[O-].O=[N+]([O-])[O-].O=[N+]([O-])[O-].[Er+3]. The van der Waals surface area contributed by atoms with Crippen LogP contribution in [0.5, 0.6) is 0 Å². The zero-order valence-electron chi connectivity index (χ0n) is 7.30. The van der Waals surface area contributed by atoms with Crippen molar-refractivity contribution in [3.63, 3.8) is 0 Å². The van der Waals surface area contributed by atoms with Gasteiger partial charge in [0.05, 0.1) is 15.3 Å². The molecule has 0 aromatic heterocycles. The summed E-state index contributed by atoms with van der Waals surface area (Å²) in [6.45, 7) is 0. The Morgan fingerprint density at radius 2 is 0.471 bits per heavy atom. The Kier molecular flexibility index (Phi) is 157. The van der Waals surface area contributed by atoms with Crippen molar-refractivity contribution in [2.75, 3.05) is 0 Å². The van der Waals surface area contributed by atoms with Crippen LogP contribution in [0.25, 0.3) is 0 Å². The Morgan fingerprint density at radius 1 is 0.471 bits per heavy atom. The van der Waals surface area contributed by atoms with Crippen molar-refractivity contribution in [3.05, 3.63) is 46.0 Å². The monoisotopic (exact) mass is 424 g/mol. The van der Waals surface area contributed by atoms with Crippen molar-refractivity contribution >= 4 is 0 Å². The Bertz CT molecular complexity index is 114. The fourth-order valence-electron chi connectivity index (χ4n) is 0. The van der Waals surface area contributed by atoms with Crippen LogP contribution in [-0.2, 0) is 0 Å². The van der Waals surface area contributed by atoms with E-state index in [4.69, 9.17) is 46.0 Å². The summed E-state index contributed by atoms with van der Waals surface area (Å²) < 4.78 is 0. The first kappa shape index (κ1) is 57.3. The first-order valence-corrected chi connectivity index (χ1v) is 1.64. The van der Waals surface area contributed by atoms with Crippen molar-refractivity contribution in [3.8, 4) is 0 Å². The van der Waals surface area contributed by atoms with Crippen LogP contribution in [0.1, 0.15) is 0 Å². The van der Waals surface area contributed by atoms with E-state index in [2.05, 4.69) is 0 Å². The Hall–Kier alpha value is -1.31. The molecule has 17 heteroatoms. The van der Waals surface area contributed by atoms with Crippen LogP contribution >= 0.6 is 0 Å².